The first-order valence-corrected chi connectivity index (χ1v) is 3.63. The van der Waals surface area contributed by atoms with Gasteiger partial charge < -0.3 is 4.74 Å². The fourth-order valence-corrected chi connectivity index (χ4v) is 1.12. The van der Waals surface area contributed by atoms with Crippen molar-refractivity contribution >= 4 is 0 Å². The smallest absolute Gasteiger partial charge is 0.128 e. The Kier molecular flexibility index (Phi) is 2.13. The largest absolute Gasteiger partial charge is 0.496 e. The van der Waals surface area contributed by atoms with Crippen LogP contribution in [0.3, 0.4) is 0 Å². The van der Waals surface area contributed by atoms with Crippen molar-refractivity contribution in [2.75, 3.05) is 7.11 Å². The van der Waals surface area contributed by atoms with Crippen molar-refractivity contribution in [3.63, 3.8) is 0 Å². The van der Waals surface area contributed by atoms with Crippen LogP contribution in [0.4, 0.5) is 0 Å². The highest BCUT2D eigenvalue weighted by molar-refractivity contribution is 5.40. The van der Waals surface area contributed by atoms with E-state index in [1.54, 1.807) is 7.11 Å². The van der Waals surface area contributed by atoms with Crippen LogP contribution in [0, 0.1) is 20.8 Å². The van der Waals surface area contributed by atoms with Crippen molar-refractivity contribution < 1.29 is 4.74 Å². The first-order valence-electron chi connectivity index (χ1n) is 3.63. The summed E-state index contributed by atoms with van der Waals surface area (Å²) >= 11 is 0. The van der Waals surface area contributed by atoms with Gasteiger partial charge >= 0.3 is 0 Å². The van der Waals surface area contributed by atoms with Gasteiger partial charge in [0.25, 0.3) is 0 Å². The molecule has 0 amide bonds. The van der Waals surface area contributed by atoms with Gasteiger partial charge in [-0.25, -0.2) is 0 Å². The molecule has 0 N–H and O–H groups in total. The first-order chi connectivity index (χ1) is 5.16. The standard InChI is InChI=1S/C9H13NO/c1-6-5-10-8(3)7(2)9(6)11-4/h5H,1-4H3. The highest BCUT2D eigenvalue weighted by Gasteiger charge is 2.04. The summed E-state index contributed by atoms with van der Waals surface area (Å²) in [6.07, 6.45) is 1.83. The zero-order chi connectivity index (χ0) is 8.43. The van der Waals surface area contributed by atoms with E-state index in [-0.39, 0.29) is 0 Å². The average molecular weight is 151 g/mol. The second-order valence-corrected chi connectivity index (χ2v) is 2.68. The molecule has 0 fully saturated rings. The summed E-state index contributed by atoms with van der Waals surface area (Å²) in [7, 11) is 1.69. The van der Waals surface area contributed by atoms with E-state index >= 15 is 0 Å². The highest BCUT2D eigenvalue weighted by Crippen LogP contribution is 2.22. The Hall–Kier alpha value is -1.05. The second kappa shape index (κ2) is 2.91. The van der Waals surface area contributed by atoms with Gasteiger partial charge in [-0.1, -0.05) is 0 Å². The van der Waals surface area contributed by atoms with Crippen molar-refractivity contribution in [3.05, 3.63) is 23.0 Å². The number of aryl methyl sites for hydroxylation is 2. The van der Waals surface area contributed by atoms with Crippen molar-refractivity contribution in [1.29, 1.82) is 0 Å². The minimum atomic E-state index is 0.956. The van der Waals surface area contributed by atoms with Crippen molar-refractivity contribution in [2.24, 2.45) is 0 Å². The maximum atomic E-state index is 5.22. The molecule has 0 unspecified atom stereocenters. The summed E-state index contributed by atoms with van der Waals surface area (Å²) in [4.78, 5) is 4.21. The van der Waals surface area contributed by atoms with Crippen LogP contribution in [0.15, 0.2) is 6.20 Å². The van der Waals surface area contributed by atoms with Gasteiger partial charge in [0, 0.05) is 23.0 Å². The molecule has 0 aliphatic rings. The summed E-state index contributed by atoms with van der Waals surface area (Å²) < 4.78 is 5.22. The number of hydrogen-bond acceptors (Lipinski definition) is 2. The molecule has 0 aromatic carbocycles. The van der Waals surface area contributed by atoms with E-state index in [1.165, 1.54) is 0 Å². The second-order valence-electron chi connectivity index (χ2n) is 2.68. The summed E-state index contributed by atoms with van der Waals surface area (Å²) in [6, 6.07) is 0. The van der Waals surface area contributed by atoms with Crippen molar-refractivity contribution in [2.45, 2.75) is 20.8 Å². The van der Waals surface area contributed by atoms with Crippen LogP contribution in [0.1, 0.15) is 16.8 Å². The monoisotopic (exact) mass is 151 g/mol. The molecule has 1 aromatic heterocycles. The van der Waals surface area contributed by atoms with Gasteiger partial charge in [0.1, 0.15) is 5.75 Å². The molecular formula is C9H13NO. The van der Waals surface area contributed by atoms with Crippen LogP contribution < -0.4 is 4.74 Å². The van der Waals surface area contributed by atoms with E-state index in [1.807, 2.05) is 27.0 Å². The van der Waals surface area contributed by atoms with Crippen molar-refractivity contribution in [1.82, 2.24) is 4.98 Å². The fraction of sp³-hybridized carbons (Fsp3) is 0.444. The molecule has 1 aromatic rings. The summed E-state index contributed by atoms with van der Waals surface area (Å²) in [5.74, 6) is 0.956. The Morgan fingerprint density at radius 3 is 2.36 bits per heavy atom. The van der Waals surface area contributed by atoms with Gasteiger partial charge in [-0.05, 0) is 20.8 Å². The van der Waals surface area contributed by atoms with Gasteiger partial charge in [0.05, 0.1) is 7.11 Å². The number of rotatable bonds is 1. The summed E-state index contributed by atoms with van der Waals surface area (Å²) in [5.41, 5.74) is 3.26. The third kappa shape index (κ3) is 1.34. The lowest BCUT2D eigenvalue weighted by molar-refractivity contribution is 0.407. The molecular weight excluding hydrogens is 138 g/mol. The number of hydrogen-bond donors (Lipinski definition) is 0. The third-order valence-electron chi connectivity index (χ3n) is 1.90. The number of methoxy groups -OCH3 is 1. The Morgan fingerprint density at radius 2 is 1.91 bits per heavy atom. The van der Waals surface area contributed by atoms with E-state index in [2.05, 4.69) is 4.98 Å². The molecule has 2 heteroatoms. The van der Waals surface area contributed by atoms with E-state index in [0.717, 1.165) is 22.6 Å². The number of nitrogens with zero attached hydrogens (tertiary/aromatic N) is 1. The Bertz CT molecular complexity index is 269. The predicted octanol–water partition coefficient (Wildman–Crippen LogP) is 2.02. The lowest BCUT2D eigenvalue weighted by atomic mass is 10.1. The summed E-state index contributed by atoms with van der Waals surface area (Å²) in [5, 5.41) is 0. The quantitative estimate of drug-likeness (QED) is 0.612. The topological polar surface area (TPSA) is 22.1 Å². The van der Waals surface area contributed by atoms with Crippen molar-refractivity contribution in [3.8, 4) is 5.75 Å². The predicted molar refractivity (Wildman–Crippen MR) is 45.0 cm³/mol. The lowest BCUT2D eigenvalue weighted by Gasteiger charge is -2.08. The average Bonchev–Trinajstić information content (AvgIpc) is 1.99. The molecule has 2 nitrogen and oxygen atoms in total. The molecule has 0 saturated heterocycles. The minimum absolute atomic E-state index is 0.956. The molecule has 0 radical (unpaired) electrons. The summed E-state index contributed by atoms with van der Waals surface area (Å²) in [6.45, 7) is 6.00. The molecule has 11 heavy (non-hydrogen) atoms. The molecule has 0 spiro atoms. The van der Waals surface area contributed by atoms with Crippen LogP contribution in [0.2, 0.25) is 0 Å². The molecule has 1 rings (SSSR count). The maximum absolute atomic E-state index is 5.22. The Morgan fingerprint density at radius 1 is 1.27 bits per heavy atom. The maximum Gasteiger partial charge on any atom is 0.128 e. The van der Waals surface area contributed by atoms with Crippen LogP contribution in [-0.4, -0.2) is 12.1 Å². The SMILES string of the molecule is COc1c(C)cnc(C)c1C. The molecule has 0 aliphatic carbocycles. The van der Waals surface area contributed by atoms with Crippen LogP contribution in [-0.2, 0) is 0 Å². The molecule has 60 valence electrons. The lowest BCUT2D eigenvalue weighted by Crippen LogP contribution is -1.95. The van der Waals surface area contributed by atoms with Gasteiger partial charge in [-0.3, -0.25) is 4.98 Å². The van der Waals surface area contributed by atoms with Gasteiger partial charge in [0.2, 0.25) is 0 Å². The van der Waals surface area contributed by atoms with Crippen LogP contribution >= 0.6 is 0 Å². The molecule has 0 saturated carbocycles. The van der Waals surface area contributed by atoms with Gasteiger partial charge in [-0.2, -0.15) is 0 Å². The van der Waals surface area contributed by atoms with Crippen LogP contribution in [0.5, 0.6) is 5.75 Å². The van der Waals surface area contributed by atoms with E-state index in [9.17, 15) is 0 Å². The Labute approximate surface area is 67.2 Å². The number of ether oxygens (including phenoxy) is 1. The molecule has 0 bridgehead atoms. The fourth-order valence-electron chi connectivity index (χ4n) is 1.12. The van der Waals surface area contributed by atoms with Gasteiger partial charge in [-0.15, -0.1) is 0 Å². The number of pyridine rings is 1. The normalized spacial score (nSPS) is 9.82. The third-order valence-corrected chi connectivity index (χ3v) is 1.90. The zero-order valence-electron chi connectivity index (χ0n) is 7.43. The first kappa shape index (κ1) is 8.05. The molecule has 0 atom stereocenters. The van der Waals surface area contributed by atoms with E-state index in [0.29, 0.717) is 0 Å². The van der Waals surface area contributed by atoms with Gasteiger partial charge in [0.15, 0.2) is 0 Å². The Balaban J connectivity index is 3.29. The zero-order valence-corrected chi connectivity index (χ0v) is 7.43. The molecule has 1 heterocycles. The molecule has 0 aliphatic heterocycles. The highest BCUT2D eigenvalue weighted by atomic mass is 16.5. The van der Waals surface area contributed by atoms with E-state index in [4.69, 9.17) is 4.74 Å². The number of aromatic nitrogens is 1. The van der Waals surface area contributed by atoms with E-state index < -0.39 is 0 Å². The minimum Gasteiger partial charge on any atom is -0.496 e. The van der Waals surface area contributed by atoms with Crippen LogP contribution in [0.25, 0.3) is 0 Å².